The number of carbonyl (C=O) groups is 2. The summed E-state index contributed by atoms with van der Waals surface area (Å²) in [5.41, 5.74) is 1.48. The Morgan fingerprint density at radius 2 is 1.18 bits per heavy atom. The van der Waals surface area contributed by atoms with Crippen molar-refractivity contribution >= 4 is 11.9 Å². The first kappa shape index (κ1) is 24.4. The van der Waals surface area contributed by atoms with Gasteiger partial charge in [0, 0.05) is 40.0 Å². The van der Waals surface area contributed by atoms with Crippen LogP contribution in [0.3, 0.4) is 0 Å². The number of esters is 2. The van der Waals surface area contributed by atoms with Crippen LogP contribution in [0.5, 0.6) is 17.2 Å². The Hall–Kier alpha value is -4.26. The van der Waals surface area contributed by atoms with Gasteiger partial charge in [0.2, 0.25) is 0 Å². The first-order chi connectivity index (χ1) is 16.1. The average molecular weight is 464 g/mol. The van der Waals surface area contributed by atoms with Crippen LogP contribution in [0.25, 0.3) is 22.3 Å². The number of hydrogen-bond donors (Lipinski definition) is 0. The Kier molecular flexibility index (Phi) is 7.26. The van der Waals surface area contributed by atoms with Crippen molar-refractivity contribution < 1.29 is 32.6 Å². The summed E-state index contributed by atoms with van der Waals surface area (Å²) in [7, 11) is 1.44. The Balaban J connectivity index is 1.91. The van der Waals surface area contributed by atoms with Gasteiger partial charge in [-0.25, -0.2) is 18.4 Å². The summed E-state index contributed by atoms with van der Waals surface area (Å²) < 4.78 is 45.3. The third-order valence-corrected chi connectivity index (χ3v) is 4.80. The highest BCUT2D eigenvalue weighted by molar-refractivity contribution is 5.89. The highest BCUT2D eigenvalue weighted by Crippen LogP contribution is 2.36. The number of benzene rings is 3. The lowest BCUT2D eigenvalue weighted by Crippen LogP contribution is -2.08. The molecule has 0 heterocycles. The molecule has 3 aromatic rings. The van der Waals surface area contributed by atoms with E-state index >= 15 is 4.39 Å². The predicted molar refractivity (Wildman–Crippen MR) is 125 cm³/mol. The van der Waals surface area contributed by atoms with E-state index in [0.29, 0.717) is 16.9 Å². The molecule has 0 saturated heterocycles. The first-order valence-corrected chi connectivity index (χ1v) is 10.1. The van der Waals surface area contributed by atoms with E-state index in [0.717, 1.165) is 6.07 Å². The minimum atomic E-state index is -0.750. The largest absolute Gasteiger partial charge is 0.496 e. The van der Waals surface area contributed by atoms with Crippen molar-refractivity contribution in [2.75, 3.05) is 7.11 Å². The second-order valence-corrected chi connectivity index (χ2v) is 7.54. The minimum Gasteiger partial charge on any atom is -0.496 e. The second-order valence-electron chi connectivity index (χ2n) is 7.54. The molecule has 0 bridgehead atoms. The summed E-state index contributed by atoms with van der Waals surface area (Å²) in [6.07, 6.45) is 0. The monoisotopic (exact) mass is 464 g/mol. The predicted octanol–water partition coefficient (Wildman–Crippen LogP) is 6.27. The Bertz CT molecular complexity index is 1310. The summed E-state index contributed by atoms with van der Waals surface area (Å²) in [5, 5.41) is 0. The first-order valence-electron chi connectivity index (χ1n) is 10.1. The summed E-state index contributed by atoms with van der Waals surface area (Å²) in [4.78, 5) is 23.4. The number of methoxy groups -OCH3 is 1. The molecule has 0 aliphatic rings. The molecular weight excluding hydrogens is 442 g/mol. The van der Waals surface area contributed by atoms with Crippen LogP contribution in [0.4, 0.5) is 8.78 Å². The van der Waals surface area contributed by atoms with Crippen molar-refractivity contribution in [2.45, 2.75) is 13.8 Å². The number of carbonyl (C=O) groups excluding carboxylic acids is 2. The second kappa shape index (κ2) is 10.1. The van der Waals surface area contributed by atoms with Crippen LogP contribution >= 0.6 is 0 Å². The summed E-state index contributed by atoms with van der Waals surface area (Å²) in [6, 6.07) is 12.7. The van der Waals surface area contributed by atoms with Crippen LogP contribution in [0.15, 0.2) is 78.9 Å². The standard InChI is InChI=1S/C27H22F2O5/c1-15(2)26(30)33-18-8-11-22(24(29)13-18)21-9-6-17(12-23(21)28)20-10-7-19(14-25(20)32-5)34-27(31)16(3)4/h6-14H,1,3H2,2,4-5H3. The number of rotatable bonds is 7. The molecule has 0 aromatic heterocycles. The van der Waals surface area contributed by atoms with Gasteiger partial charge < -0.3 is 14.2 Å². The SMILES string of the molecule is C=C(C)C(=O)Oc1ccc(-c2ccc(-c3ccc(OC(=O)C(=C)C)cc3OC)cc2F)c(F)c1. The smallest absolute Gasteiger partial charge is 0.338 e. The van der Waals surface area contributed by atoms with Gasteiger partial charge in [0.15, 0.2) is 0 Å². The lowest BCUT2D eigenvalue weighted by molar-refractivity contribution is -0.130. The van der Waals surface area contributed by atoms with Crippen LogP contribution in [-0.4, -0.2) is 19.0 Å². The summed E-state index contributed by atoms with van der Waals surface area (Å²) in [5.74, 6) is -2.08. The van der Waals surface area contributed by atoms with Crippen LogP contribution < -0.4 is 14.2 Å². The lowest BCUT2D eigenvalue weighted by Gasteiger charge is -2.13. The van der Waals surface area contributed by atoms with E-state index in [1.807, 2.05) is 0 Å². The van der Waals surface area contributed by atoms with E-state index in [-0.39, 0.29) is 33.8 Å². The highest BCUT2D eigenvalue weighted by Gasteiger charge is 2.16. The zero-order valence-electron chi connectivity index (χ0n) is 18.9. The van der Waals surface area contributed by atoms with Crippen LogP contribution in [0.2, 0.25) is 0 Å². The molecule has 0 spiro atoms. The molecule has 0 saturated carbocycles. The molecule has 174 valence electrons. The summed E-state index contributed by atoms with van der Waals surface area (Å²) in [6.45, 7) is 10.0. The molecule has 3 rings (SSSR count). The molecule has 0 radical (unpaired) electrons. The average Bonchev–Trinajstić information content (AvgIpc) is 2.79. The quantitative estimate of drug-likeness (QED) is 0.234. The minimum absolute atomic E-state index is 0.00759. The maximum Gasteiger partial charge on any atom is 0.338 e. The molecule has 0 aliphatic heterocycles. The zero-order chi connectivity index (χ0) is 25.0. The maximum atomic E-state index is 15.0. The van der Waals surface area contributed by atoms with Crippen LogP contribution in [0.1, 0.15) is 13.8 Å². The molecule has 0 atom stereocenters. The van der Waals surface area contributed by atoms with Gasteiger partial charge in [0.05, 0.1) is 7.11 Å². The molecule has 34 heavy (non-hydrogen) atoms. The van der Waals surface area contributed by atoms with Gasteiger partial charge in [-0.05, 0) is 49.7 Å². The summed E-state index contributed by atoms with van der Waals surface area (Å²) >= 11 is 0. The number of hydrogen-bond acceptors (Lipinski definition) is 5. The lowest BCUT2D eigenvalue weighted by atomic mass is 9.98. The van der Waals surface area contributed by atoms with E-state index in [1.165, 1.54) is 51.3 Å². The number of halogens is 2. The molecule has 0 amide bonds. The fourth-order valence-electron chi connectivity index (χ4n) is 3.04. The van der Waals surface area contributed by atoms with Gasteiger partial charge in [-0.3, -0.25) is 0 Å². The van der Waals surface area contributed by atoms with Crippen molar-refractivity contribution in [3.05, 3.63) is 90.5 Å². The van der Waals surface area contributed by atoms with Gasteiger partial charge in [0.1, 0.15) is 28.9 Å². The van der Waals surface area contributed by atoms with Gasteiger partial charge >= 0.3 is 11.9 Å². The Labute approximate surface area is 195 Å². The van der Waals surface area contributed by atoms with Crippen LogP contribution in [-0.2, 0) is 9.59 Å². The molecular formula is C27H22F2O5. The Morgan fingerprint density at radius 3 is 1.65 bits per heavy atom. The number of ether oxygens (including phenoxy) is 3. The van der Waals surface area contributed by atoms with Crippen molar-refractivity contribution in [3.8, 4) is 39.5 Å². The molecule has 7 heteroatoms. The van der Waals surface area contributed by atoms with Crippen molar-refractivity contribution in [1.82, 2.24) is 0 Å². The molecule has 5 nitrogen and oxygen atoms in total. The van der Waals surface area contributed by atoms with E-state index in [1.54, 1.807) is 18.2 Å². The van der Waals surface area contributed by atoms with E-state index in [2.05, 4.69) is 13.2 Å². The van der Waals surface area contributed by atoms with Gasteiger partial charge in [-0.15, -0.1) is 0 Å². The van der Waals surface area contributed by atoms with Gasteiger partial charge in [-0.1, -0.05) is 25.3 Å². The molecule has 0 aliphatic carbocycles. The highest BCUT2D eigenvalue weighted by atomic mass is 19.1. The van der Waals surface area contributed by atoms with Crippen molar-refractivity contribution in [1.29, 1.82) is 0 Å². The topological polar surface area (TPSA) is 61.8 Å². The maximum absolute atomic E-state index is 15.0. The van der Waals surface area contributed by atoms with Crippen molar-refractivity contribution in [2.24, 2.45) is 0 Å². The van der Waals surface area contributed by atoms with Crippen molar-refractivity contribution in [3.63, 3.8) is 0 Å². The fraction of sp³-hybridized carbons (Fsp3) is 0.111. The molecule has 3 aromatic carbocycles. The van der Waals surface area contributed by atoms with E-state index in [4.69, 9.17) is 14.2 Å². The zero-order valence-corrected chi connectivity index (χ0v) is 18.9. The third-order valence-electron chi connectivity index (χ3n) is 4.80. The normalized spacial score (nSPS) is 10.4. The van der Waals surface area contributed by atoms with Gasteiger partial charge in [0.25, 0.3) is 0 Å². The Morgan fingerprint density at radius 1 is 0.706 bits per heavy atom. The van der Waals surface area contributed by atoms with Crippen LogP contribution in [0, 0.1) is 11.6 Å². The van der Waals surface area contributed by atoms with Gasteiger partial charge in [-0.2, -0.15) is 0 Å². The third kappa shape index (κ3) is 5.38. The fourth-order valence-corrected chi connectivity index (χ4v) is 3.04. The molecule has 0 N–H and O–H groups in total. The molecule has 0 unspecified atom stereocenters. The van der Waals surface area contributed by atoms with E-state index in [9.17, 15) is 14.0 Å². The molecule has 0 fully saturated rings. The van der Waals surface area contributed by atoms with E-state index < -0.39 is 23.6 Å².